The molecule has 0 amide bonds. The fourth-order valence-electron chi connectivity index (χ4n) is 8.95. The quantitative estimate of drug-likeness (QED) is 0.160. The van der Waals surface area contributed by atoms with Gasteiger partial charge in [0.05, 0.1) is 9.40 Å². The van der Waals surface area contributed by atoms with Crippen molar-refractivity contribution in [3.8, 4) is 33.4 Å². The summed E-state index contributed by atoms with van der Waals surface area (Å²) in [7, 11) is 0. The van der Waals surface area contributed by atoms with E-state index in [1.54, 1.807) is 0 Å². The van der Waals surface area contributed by atoms with Crippen LogP contribution in [0.2, 0.25) is 0 Å². The Morgan fingerprint density at radius 3 is 1.50 bits per heavy atom. The molecule has 0 N–H and O–H groups in total. The number of benzene rings is 10. The Hall–Kier alpha value is -6.32. The van der Waals surface area contributed by atoms with Crippen LogP contribution in [0.1, 0.15) is 0 Å². The maximum absolute atomic E-state index is 2.48. The first-order valence-electron chi connectivity index (χ1n) is 18.5. The van der Waals surface area contributed by atoms with Gasteiger partial charge in [-0.15, -0.1) is 22.7 Å². The van der Waals surface area contributed by atoms with Crippen molar-refractivity contribution >= 4 is 106 Å². The average molecular weight is 719 g/mol. The Kier molecular flexibility index (Phi) is 6.48. The molecular weight excluding hydrogens is 689 g/mol. The van der Waals surface area contributed by atoms with Crippen molar-refractivity contribution in [3.63, 3.8) is 0 Å². The molecule has 12 rings (SSSR count). The zero-order valence-corrected chi connectivity index (χ0v) is 30.8. The van der Waals surface area contributed by atoms with Gasteiger partial charge in [0, 0.05) is 30.9 Å². The van der Waals surface area contributed by atoms with Crippen LogP contribution in [0.25, 0.3) is 117 Å². The largest absolute Gasteiger partial charge is 0.134 e. The first-order chi connectivity index (χ1) is 26.8. The lowest BCUT2D eigenvalue weighted by molar-refractivity contribution is 1.66. The van der Waals surface area contributed by atoms with E-state index in [1.165, 1.54) is 117 Å². The van der Waals surface area contributed by atoms with Gasteiger partial charge in [0.1, 0.15) is 0 Å². The molecule has 0 saturated carbocycles. The zero-order chi connectivity index (χ0) is 35.3. The van der Waals surface area contributed by atoms with Gasteiger partial charge in [0.15, 0.2) is 0 Å². The summed E-state index contributed by atoms with van der Waals surface area (Å²) in [6, 6.07) is 67.7. The topological polar surface area (TPSA) is 0 Å². The first-order valence-corrected chi connectivity index (χ1v) is 20.1. The molecule has 0 nitrogen and oxygen atoms in total. The van der Waals surface area contributed by atoms with Gasteiger partial charge >= 0.3 is 0 Å². The van der Waals surface area contributed by atoms with Crippen molar-refractivity contribution in [2.45, 2.75) is 0 Å². The van der Waals surface area contributed by atoms with E-state index in [4.69, 9.17) is 0 Å². The number of hydrogen-bond acceptors (Lipinski definition) is 2. The molecule has 12 aromatic rings. The number of rotatable bonds is 3. The molecule has 0 aliphatic rings. The van der Waals surface area contributed by atoms with Crippen LogP contribution in [0.3, 0.4) is 0 Å². The maximum Gasteiger partial charge on any atom is 0.0540 e. The lowest BCUT2D eigenvalue weighted by Gasteiger charge is -2.18. The van der Waals surface area contributed by atoms with Crippen LogP contribution in [-0.4, -0.2) is 0 Å². The minimum Gasteiger partial charge on any atom is -0.134 e. The Balaban J connectivity index is 1.08. The van der Waals surface area contributed by atoms with Crippen LogP contribution in [0, 0.1) is 0 Å². The average Bonchev–Trinajstić information content (AvgIpc) is 3.80. The lowest BCUT2D eigenvalue weighted by Crippen LogP contribution is -1.91. The minimum absolute atomic E-state index is 1.24. The first kappa shape index (κ1) is 30.2. The zero-order valence-electron chi connectivity index (χ0n) is 29.1. The third-order valence-corrected chi connectivity index (χ3v) is 13.9. The molecule has 10 aromatic carbocycles. The van der Waals surface area contributed by atoms with E-state index in [2.05, 4.69) is 182 Å². The molecule has 0 bridgehead atoms. The minimum atomic E-state index is 1.24. The summed E-state index contributed by atoms with van der Waals surface area (Å²) in [6.45, 7) is 0. The van der Waals surface area contributed by atoms with Gasteiger partial charge in [0.25, 0.3) is 0 Å². The molecule has 250 valence electrons. The predicted molar refractivity (Wildman–Crippen MR) is 239 cm³/mol. The summed E-state index contributed by atoms with van der Waals surface area (Å²) in [5, 5.41) is 15.6. The molecule has 0 radical (unpaired) electrons. The summed E-state index contributed by atoms with van der Waals surface area (Å²) < 4.78 is 5.47. The fourth-order valence-corrected chi connectivity index (χ4v) is 11.5. The van der Waals surface area contributed by atoms with Crippen molar-refractivity contribution in [3.05, 3.63) is 182 Å². The number of fused-ring (bicyclic) bond motifs is 11. The number of thiophene rings is 2. The summed E-state index contributed by atoms with van der Waals surface area (Å²) in [5.74, 6) is 0. The standard InChI is InChI=1S/C52H30S2/c1-2-12-31(13-3-1)48-38-16-6-8-18-40(38)49(41-19-9-7-17-39(41)48)37-25-23-34-26-36(24-22-35(34)27-37)43-30-45-44-28-32-14-4-5-15-33(32)29-47(44)54-51(45)52-50(43)42-20-10-11-21-46(42)53-52/h1-30H. The van der Waals surface area contributed by atoms with Crippen LogP contribution >= 0.6 is 22.7 Å². The van der Waals surface area contributed by atoms with Crippen LogP contribution in [-0.2, 0) is 0 Å². The molecule has 0 saturated heterocycles. The van der Waals surface area contributed by atoms with Crippen molar-refractivity contribution in [2.24, 2.45) is 0 Å². The van der Waals surface area contributed by atoms with Gasteiger partial charge < -0.3 is 0 Å². The third kappa shape index (κ3) is 4.42. The van der Waals surface area contributed by atoms with E-state index >= 15 is 0 Å². The van der Waals surface area contributed by atoms with E-state index in [0.29, 0.717) is 0 Å². The second-order valence-corrected chi connectivity index (χ2v) is 16.5. The van der Waals surface area contributed by atoms with E-state index < -0.39 is 0 Å². The molecule has 0 aliphatic heterocycles. The smallest absolute Gasteiger partial charge is 0.0540 e. The van der Waals surface area contributed by atoms with Crippen molar-refractivity contribution in [2.75, 3.05) is 0 Å². The van der Waals surface area contributed by atoms with Gasteiger partial charge in [-0.1, -0.05) is 146 Å². The van der Waals surface area contributed by atoms with Gasteiger partial charge in [0.2, 0.25) is 0 Å². The molecule has 2 aromatic heterocycles. The van der Waals surface area contributed by atoms with E-state index in [1.807, 2.05) is 22.7 Å². The highest BCUT2D eigenvalue weighted by molar-refractivity contribution is 7.33. The molecular formula is C52H30S2. The Morgan fingerprint density at radius 1 is 0.278 bits per heavy atom. The van der Waals surface area contributed by atoms with Gasteiger partial charge in [-0.2, -0.15) is 0 Å². The van der Waals surface area contributed by atoms with Crippen LogP contribution in [0.15, 0.2) is 182 Å². The predicted octanol–water partition coefficient (Wildman–Crippen LogP) is 16.0. The van der Waals surface area contributed by atoms with Gasteiger partial charge in [-0.25, -0.2) is 0 Å². The fraction of sp³-hybridized carbons (Fsp3) is 0. The summed E-state index contributed by atoms with van der Waals surface area (Å²) in [6.07, 6.45) is 0. The molecule has 2 heteroatoms. The molecule has 2 heterocycles. The molecule has 0 unspecified atom stereocenters. The maximum atomic E-state index is 2.48. The van der Waals surface area contributed by atoms with E-state index in [9.17, 15) is 0 Å². The van der Waals surface area contributed by atoms with Crippen molar-refractivity contribution in [1.29, 1.82) is 0 Å². The molecule has 0 aliphatic carbocycles. The van der Waals surface area contributed by atoms with Crippen LogP contribution < -0.4 is 0 Å². The second kappa shape index (κ2) is 11.6. The Morgan fingerprint density at radius 2 is 0.796 bits per heavy atom. The summed E-state index contributed by atoms with van der Waals surface area (Å²) in [4.78, 5) is 0. The molecule has 0 atom stereocenters. The summed E-state index contributed by atoms with van der Waals surface area (Å²) in [5.41, 5.74) is 7.65. The number of hydrogen-bond donors (Lipinski definition) is 0. The normalized spacial score (nSPS) is 12.1. The van der Waals surface area contributed by atoms with Crippen molar-refractivity contribution in [1.82, 2.24) is 0 Å². The monoisotopic (exact) mass is 718 g/mol. The summed E-state index contributed by atoms with van der Waals surface area (Å²) >= 11 is 3.87. The highest BCUT2D eigenvalue weighted by Gasteiger charge is 2.20. The SMILES string of the molecule is c1ccc(-c2c3ccccc3c(-c3ccc4cc(-c5cc6c7cc8ccccc8cc7sc6c6sc7ccccc7c56)ccc4c3)c3ccccc23)cc1. The second-order valence-electron chi connectivity index (χ2n) is 14.4. The highest BCUT2D eigenvalue weighted by Crippen LogP contribution is 2.50. The lowest BCUT2D eigenvalue weighted by atomic mass is 9.85. The third-order valence-electron chi connectivity index (χ3n) is 11.4. The highest BCUT2D eigenvalue weighted by atomic mass is 32.1. The Bertz CT molecular complexity index is 3430. The van der Waals surface area contributed by atoms with Crippen molar-refractivity contribution < 1.29 is 0 Å². The van der Waals surface area contributed by atoms with E-state index in [0.717, 1.165) is 0 Å². The van der Waals surface area contributed by atoms with E-state index in [-0.39, 0.29) is 0 Å². The van der Waals surface area contributed by atoms with Gasteiger partial charge in [-0.05, 0) is 113 Å². The van der Waals surface area contributed by atoms with Crippen LogP contribution in [0.4, 0.5) is 0 Å². The Labute approximate surface area is 319 Å². The molecule has 0 spiro atoms. The molecule has 0 fully saturated rings. The van der Waals surface area contributed by atoms with Gasteiger partial charge in [-0.3, -0.25) is 0 Å². The molecule has 54 heavy (non-hydrogen) atoms. The van der Waals surface area contributed by atoms with Crippen LogP contribution in [0.5, 0.6) is 0 Å².